The molecular formula is C8H6O5. The summed E-state index contributed by atoms with van der Waals surface area (Å²) in [4.78, 5) is 30.6. The van der Waals surface area contributed by atoms with E-state index in [9.17, 15) is 9.59 Å². The van der Waals surface area contributed by atoms with Crippen LogP contribution in [0.5, 0.6) is 0 Å². The third kappa shape index (κ3) is 1.33. The molecule has 13 heavy (non-hydrogen) atoms. The van der Waals surface area contributed by atoms with E-state index in [1.807, 2.05) is 0 Å². The van der Waals surface area contributed by atoms with Crippen molar-refractivity contribution in [2.75, 3.05) is 0 Å². The van der Waals surface area contributed by atoms with Crippen LogP contribution >= 0.6 is 0 Å². The van der Waals surface area contributed by atoms with Crippen molar-refractivity contribution in [2.24, 2.45) is 5.92 Å². The van der Waals surface area contributed by atoms with Gasteiger partial charge in [0.1, 0.15) is 0 Å². The summed E-state index contributed by atoms with van der Waals surface area (Å²) in [5.41, 5.74) is 0.269. The first-order valence-corrected chi connectivity index (χ1v) is 3.75. The van der Waals surface area contributed by atoms with Crippen LogP contribution in [0.25, 0.3) is 0 Å². The summed E-state index contributed by atoms with van der Waals surface area (Å²) >= 11 is 0. The van der Waals surface area contributed by atoms with E-state index >= 15 is 0 Å². The van der Waals surface area contributed by atoms with Gasteiger partial charge in [-0.15, -0.1) is 0 Å². The van der Waals surface area contributed by atoms with Gasteiger partial charge in [-0.25, -0.2) is 9.59 Å². The zero-order valence-corrected chi connectivity index (χ0v) is 6.56. The summed E-state index contributed by atoms with van der Waals surface area (Å²) in [6.07, 6.45) is 5.41. The van der Waals surface area contributed by atoms with Gasteiger partial charge in [0.2, 0.25) is 0 Å². The van der Waals surface area contributed by atoms with Crippen molar-refractivity contribution < 1.29 is 24.4 Å². The number of hydrogen-bond acceptors (Lipinski definition) is 5. The van der Waals surface area contributed by atoms with Crippen molar-refractivity contribution >= 4 is 11.9 Å². The lowest BCUT2D eigenvalue weighted by molar-refractivity contribution is -0.455. The molecular weight excluding hydrogens is 176 g/mol. The molecule has 1 atom stereocenters. The smallest absolute Gasteiger partial charge is 0.259 e. The molecule has 0 aromatic heterocycles. The first kappa shape index (κ1) is 8.00. The number of hydrogen-bond donors (Lipinski definition) is 0. The fourth-order valence-corrected chi connectivity index (χ4v) is 1.25. The fraction of sp³-hybridized carbons (Fsp3) is 0.250. The number of fused-ring (bicyclic) bond motifs is 1. The van der Waals surface area contributed by atoms with Gasteiger partial charge >= 0.3 is 11.9 Å². The van der Waals surface area contributed by atoms with Crippen LogP contribution in [0, 0.1) is 5.92 Å². The molecule has 0 aromatic rings. The molecule has 0 saturated carbocycles. The van der Waals surface area contributed by atoms with Crippen LogP contribution < -0.4 is 0 Å². The van der Waals surface area contributed by atoms with Gasteiger partial charge in [-0.2, -0.15) is 0 Å². The Balaban J connectivity index is 2.35. The molecule has 2 rings (SSSR count). The number of carbonyl (C=O) groups excluding carboxylic acids is 2. The van der Waals surface area contributed by atoms with Gasteiger partial charge in [-0.1, -0.05) is 18.2 Å². The molecule has 5 heteroatoms. The first-order valence-electron chi connectivity index (χ1n) is 3.75. The van der Waals surface area contributed by atoms with Gasteiger partial charge in [0.05, 0.1) is 11.5 Å². The second kappa shape index (κ2) is 3.02. The number of carbonyl (C=O) groups is 2. The minimum Gasteiger partial charge on any atom is -0.259 e. The topological polar surface area (TPSA) is 61.8 Å². The highest BCUT2D eigenvalue weighted by Gasteiger charge is 2.35. The molecule has 0 aromatic carbocycles. The van der Waals surface area contributed by atoms with E-state index in [-0.39, 0.29) is 5.57 Å². The van der Waals surface area contributed by atoms with E-state index in [1.165, 1.54) is 6.08 Å². The van der Waals surface area contributed by atoms with E-state index in [1.54, 1.807) is 12.2 Å². The van der Waals surface area contributed by atoms with Crippen LogP contribution in [-0.2, 0) is 24.4 Å². The Labute approximate surface area is 73.4 Å². The normalized spacial score (nSPS) is 26.8. The highest BCUT2D eigenvalue weighted by atomic mass is 17.5. The van der Waals surface area contributed by atoms with Crippen molar-refractivity contribution in [3.8, 4) is 0 Å². The maximum Gasteiger partial charge on any atom is 0.374 e. The molecule has 0 spiro atoms. The maximum absolute atomic E-state index is 11.1. The van der Waals surface area contributed by atoms with Crippen LogP contribution in [0.4, 0.5) is 0 Å². The van der Waals surface area contributed by atoms with E-state index in [0.717, 1.165) is 0 Å². The molecule has 5 nitrogen and oxygen atoms in total. The van der Waals surface area contributed by atoms with Gasteiger partial charge in [0.25, 0.3) is 0 Å². The highest BCUT2D eigenvalue weighted by Crippen LogP contribution is 2.25. The van der Waals surface area contributed by atoms with Crippen LogP contribution in [0.1, 0.15) is 6.42 Å². The minimum atomic E-state index is -0.680. The first-order chi connectivity index (χ1) is 6.29. The largest absolute Gasteiger partial charge is 0.374 e. The molecule has 1 aliphatic carbocycles. The molecule has 68 valence electrons. The third-order valence-corrected chi connectivity index (χ3v) is 1.91. The van der Waals surface area contributed by atoms with Gasteiger partial charge in [-0.05, 0) is 6.42 Å². The minimum absolute atomic E-state index is 0.269. The lowest BCUT2D eigenvalue weighted by Gasteiger charge is -2.10. The van der Waals surface area contributed by atoms with Gasteiger partial charge in [-0.3, -0.25) is 9.78 Å². The van der Waals surface area contributed by atoms with Crippen LogP contribution in [0.2, 0.25) is 0 Å². The molecule has 0 bridgehead atoms. The summed E-state index contributed by atoms with van der Waals surface area (Å²) in [6.45, 7) is 0. The Morgan fingerprint density at radius 2 is 2.15 bits per heavy atom. The van der Waals surface area contributed by atoms with Gasteiger partial charge in [0.15, 0.2) is 0 Å². The number of allylic oxidation sites excluding steroid dienone is 3. The van der Waals surface area contributed by atoms with Gasteiger partial charge < -0.3 is 0 Å². The SMILES string of the molecule is O=C1OOOC(=O)C2CC=CC=C12. The van der Waals surface area contributed by atoms with Crippen molar-refractivity contribution in [3.63, 3.8) is 0 Å². The monoisotopic (exact) mass is 182 g/mol. The van der Waals surface area contributed by atoms with Crippen LogP contribution in [0.3, 0.4) is 0 Å². The zero-order chi connectivity index (χ0) is 9.26. The van der Waals surface area contributed by atoms with E-state index in [0.29, 0.717) is 6.42 Å². The van der Waals surface area contributed by atoms with Crippen LogP contribution in [0.15, 0.2) is 23.8 Å². The second-order valence-electron chi connectivity index (χ2n) is 2.68. The van der Waals surface area contributed by atoms with Crippen molar-refractivity contribution in [1.82, 2.24) is 0 Å². The summed E-state index contributed by atoms with van der Waals surface area (Å²) in [5.74, 6) is -1.89. The highest BCUT2D eigenvalue weighted by molar-refractivity contribution is 5.96. The van der Waals surface area contributed by atoms with E-state index in [2.05, 4.69) is 14.8 Å². The second-order valence-corrected chi connectivity index (χ2v) is 2.68. The average Bonchev–Trinajstić information content (AvgIpc) is 2.29. The van der Waals surface area contributed by atoms with Crippen molar-refractivity contribution in [3.05, 3.63) is 23.8 Å². The standard InChI is InChI=1S/C8H6O5/c9-7-5-3-1-2-4-6(5)8(10)12-13-11-7/h1-3,6H,4H2. The molecule has 1 aliphatic heterocycles. The summed E-state index contributed by atoms with van der Waals surface area (Å²) in [6, 6.07) is 0. The lowest BCUT2D eigenvalue weighted by Crippen LogP contribution is -2.20. The average molecular weight is 182 g/mol. The Kier molecular flexibility index (Phi) is 1.86. The molecule has 0 radical (unpaired) electrons. The summed E-state index contributed by atoms with van der Waals surface area (Å²) < 4.78 is 0. The molecule has 1 heterocycles. The third-order valence-electron chi connectivity index (χ3n) is 1.91. The van der Waals surface area contributed by atoms with E-state index in [4.69, 9.17) is 0 Å². The fourth-order valence-electron chi connectivity index (χ4n) is 1.25. The summed E-state index contributed by atoms with van der Waals surface area (Å²) in [7, 11) is 0. The Morgan fingerprint density at radius 1 is 1.31 bits per heavy atom. The van der Waals surface area contributed by atoms with Crippen LogP contribution in [-0.4, -0.2) is 11.9 Å². The lowest BCUT2D eigenvalue weighted by atomic mass is 9.92. The predicted octanol–water partition coefficient (Wildman–Crippen LogP) is 0.436. The quantitative estimate of drug-likeness (QED) is 0.508. The Bertz CT molecular complexity index is 314. The number of rotatable bonds is 0. The van der Waals surface area contributed by atoms with Crippen molar-refractivity contribution in [1.29, 1.82) is 0 Å². The van der Waals surface area contributed by atoms with Crippen molar-refractivity contribution in [2.45, 2.75) is 6.42 Å². The van der Waals surface area contributed by atoms with E-state index < -0.39 is 17.9 Å². The van der Waals surface area contributed by atoms with Gasteiger partial charge in [0, 0.05) is 5.04 Å². The summed E-state index contributed by atoms with van der Waals surface area (Å²) in [5, 5.41) is 3.94. The molecule has 2 aliphatic rings. The Hall–Kier alpha value is -1.62. The zero-order valence-electron chi connectivity index (χ0n) is 6.56. The molecule has 0 amide bonds. The maximum atomic E-state index is 11.1. The molecule has 1 fully saturated rings. The Morgan fingerprint density at radius 3 is 3.00 bits per heavy atom. The molecule has 0 N–H and O–H groups in total. The molecule has 1 unspecified atom stereocenters. The molecule has 1 saturated heterocycles. The predicted molar refractivity (Wildman–Crippen MR) is 38.6 cm³/mol.